The minimum atomic E-state index is -0.456. The monoisotopic (exact) mass is 358 g/mol. The van der Waals surface area contributed by atoms with Crippen molar-refractivity contribution in [3.8, 4) is 5.69 Å². The third-order valence-electron chi connectivity index (χ3n) is 4.26. The lowest BCUT2D eigenvalue weighted by Crippen LogP contribution is -2.20. The number of aromatic nitrogens is 2. The van der Waals surface area contributed by atoms with Gasteiger partial charge in [-0.3, -0.25) is 25.0 Å². The number of nitrogens with one attached hydrogen (secondary N) is 1. The third kappa shape index (κ3) is 4.47. The summed E-state index contributed by atoms with van der Waals surface area (Å²) in [5.41, 5.74) is 2.61. The molecule has 0 saturated carbocycles. The van der Waals surface area contributed by atoms with Gasteiger partial charge >= 0.3 is 0 Å². The molecule has 0 atom stereocenters. The first-order valence-corrected chi connectivity index (χ1v) is 9.09. The predicted molar refractivity (Wildman–Crippen MR) is 104 cm³/mol. The van der Waals surface area contributed by atoms with Crippen molar-refractivity contribution in [2.75, 3.05) is 6.54 Å². The predicted octanol–water partition coefficient (Wildman–Crippen LogP) is 4.03. The van der Waals surface area contributed by atoms with E-state index in [2.05, 4.69) is 23.9 Å². The van der Waals surface area contributed by atoms with Gasteiger partial charge in [0.2, 0.25) is 0 Å². The van der Waals surface area contributed by atoms with Crippen molar-refractivity contribution >= 4 is 11.4 Å². The fourth-order valence-corrected chi connectivity index (χ4v) is 2.88. The second-order valence-corrected chi connectivity index (χ2v) is 6.30. The SMILES string of the molecule is CCCCCN=C(C)c1c(CCC)[nH]n(-c2ccc([N+](=O)[O-])cc2)c1=O. The molecule has 0 spiro atoms. The molecule has 26 heavy (non-hydrogen) atoms. The third-order valence-corrected chi connectivity index (χ3v) is 4.26. The van der Waals surface area contributed by atoms with E-state index in [0.29, 0.717) is 17.8 Å². The summed E-state index contributed by atoms with van der Waals surface area (Å²) in [6.45, 7) is 6.78. The first-order valence-electron chi connectivity index (χ1n) is 9.09. The lowest BCUT2D eigenvalue weighted by molar-refractivity contribution is -0.384. The summed E-state index contributed by atoms with van der Waals surface area (Å²) in [6.07, 6.45) is 4.91. The Morgan fingerprint density at radius 2 is 1.88 bits per heavy atom. The molecule has 1 aromatic heterocycles. The zero-order chi connectivity index (χ0) is 19.1. The highest BCUT2D eigenvalue weighted by molar-refractivity contribution is 5.99. The molecule has 0 aliphatic heterocycles. The van der Waals surface area contributed by atoms with Crippen LogP contribution in [0.2, 0.25) is 0 Å². The van der Waals surface area contributed by atoms with E-state index in [0.717, 1.165) is 43.5 Å². The summed E-state index contributed by atoms with van der Waals surface area (Å²) in [5.74, 6) is 0. The number of benzene rings is 1. The van der Waals surface area contributed by atoms with Crippen molar-refractivity contribution < 1.29 is 4.92 Å². The smallest absolute Gasteiger partial charge is 0.280 e. The highest BCUT2D eigenvalue weighted by Crippen LogP contribution is 2.15. The summed E-state index contributed by atoms with van der Waals surface area (Å²) in [7, 11) is 0. The molecule has 1 heterocycles. The number of nitrogens with zero attached hydrogens (tertiary/aromatic N) is 3. The number of non-ortho nitro benzene ring substituents is 1. The van der Waals surface area contributed by atoms with Crippen LogP contribution in [0.25, 0.3) is 5.69 Å². The number of nitro benzene ring substituents is 1. The van der Waals surface area contributed by atoms with E-state index in [1.807, 2.05) is 6.92 Å². The van der Waals surface area contributed by atoms with Gasteiger partial charge < -0.3 is 0 Å². The lowest BCUT2D eigenvalue weighted by atomic mass is 10.1. The fourth-order valence-electron chi connectivity index (χ4n) is 2.88. The van der Waals surface area contributed by atoms with Gasteiger partial charge in [0, 0.05) is 30.1 Å². The van der Waals surface area contributed by atoms with Gasteiger partial charge in [0.05, 0.1) is 16.2 Å². The Balaban J connectivity index is 2.40. The quantitative estimate of drug-likeness (QED) is 0.317. The molecular weight excluding hydrogens is 332 g/mol. The maximum atomic E-state index is 12.9. The normalized spacial score (nSPS) is 11.7. The lowest BCUT2D eigenvalue weighted by Gasteiger charge is -2.01. The second kappa shape index (κ2) is 9.12. The molecule has 2 rings (SSSR count). The molecule has 140 valence electrons. The van der Waals surface area contributed by atoms with Gasteiger partial charge in [0.1, 0.15) is 0 Å². The van der Waals surface area contributed by atoms with Crippen LogP contribution >= 0.6 is 0 Å². The molecular formula is C19H26N4O3. The maximum Gasteiger partial charge on any atom is 0.280 e. The topological polar surface area (TPSA) is 93.3 Å². The molecule has 0 amide bonds. The molecule has 2 aromatic rings. The van der Waals surface area contributed by atoms with E-state index in [1.54, 1.807) is 12.1 Å². The van der Waals surface area contributed by atoms with E-state index in [4.69, 9.17) is 0 Å². The van der Waals surface area contributed by atoms with Gasteiger partial charge in [-0.1, -0.05) is 33.1 Å². The van der Waals surface area contributed by atoms with Crippen LogP contribution in [0.3, 0.4) is 0 Å². The van der Waals surface area contributed by atoms with E-state index in [-0.39, 0.29) is 11.2 Å². The van der Waals surface area contributed by atoms with E-state index < -0.39 is 4.92 Å². The van der Waals surface area contributed by atoms with Crippen molar-refractivity contribution in [1.82, 2.24) is 9.78 Å². The van der Waals surface area contributed by atoms with E-state index >= 15 is 0 Å². The molecule has 7 heteroatoms. The molecule has 0 radical (unpaired) electrons. The molecule has 0 saturated heterocycles. The minimum absolute atomic E-state index is 0.00368. The van der Waals surface area contributed by atoms with Crippen molar-refractivity contribution in [3.63, 3.8) is 0 Å². The van der Waals surface area contributed by atoms with Crippen molar-refractivity contribution in [1.29, 1.82) is 0 Å². The first-order chi connectivity index (χ1) is 12.5. The Labute approximate surface area is 152 Å². The van der Waals surface area contributed by atoms with Crippen LogP contribution in [0.5, 0.6) is 0 Å². The van der Waals surface area contributed by atoms with Gasteiger partial charge in [-0.05, 0) is 31.9 Å². The van der Waals surface area contributed by atoms with Crippen LogP contribution in [-0.2, 0) is 6.42 Å². The standard InChI is InChI=1S/C19H26N4O3/c1-4-6-7-13-20-14(3)18-17(8-5-2)21-22(19(18)24)15-9-11-16(12-10-15)23(25)26/h9-12,21H,4-8,13H2,1-3H3. The molecule has 0 aliphatic carbocycles. The number of aryl methyl sites for hydroxylation is 1. The maximum absolute atomic E-state index is 12.9. The molecule has 1 aromatic carbocycles. The van der Waals surface area contributed by atoms with Gasteiger partial charge in [0.25, 0.3) is 11.2 Å². The molecule has 0 unspecified atom stereocenters. The number of nitro groups is 1. The Hall–Kier alpha value is -2.70. The number of hydrogen-bond acceptors (Lipinski definition) is 4. The van der Waals surface area contributed by atoms with Crippen molar-refractivity contribution in [3.05, 3.63) is 56.0 Å². The van der Waals surface area contributed by atoms with Gasteiger partial charge in [0.15, 0.2) is 0 Å². The van der Waals surface area contributed by atoms with Crippen molar-refractivity contribution in [2.24, 2.45) is 4.99 Å². The summed E-state index contributed by atoms with van der Waals surface area (Å²) in [6, 6.07) is 5.94. The largest absolute Gasteiger partial charge is 0.294 e. The molecule has 1 N–H and O–H groups in total. The number of H-pyrrole nitrogens is 1. The molecule has 0 aliphatic rings. The average molecular weight is 358 g/mol. The Bertz CT molecular complexity index is 831. The molecule has 0 fully saturated rings. The number of aromatic amines is 1. The molecule has 0 bridgehead atoms. The van der Waals surface area contributed by atoms with E-state index in [1.165, 1.54) is 16.8 Å². The summed E-state index contributed by atoms with van der Waals surface area (Å²) < 4.78 is 1.44. The summed E-state index contributed by atoms with van der Waals surface area (Å²) >= 11 is 0. The van der Waals surface area contributed by atoms with Crippen LogP contribution in [0.4, 0.5) is 5.69 Å². The zero-order valence-corrected chi connectivity index (χ0v) is 15.6. The first kappa shape index (κ1) is 19.6. The summed E-state index contributed by atoms with van der Waals surface area (Å²) in [4.78, 5) is 27.9. The fraction of sp³-hybridized carbons (Fsp3) is 0.474. The Morgan fingerprint density at radius 3 is 2.46 bits per heavy atom. The van der Waals surface area contributed by atoms with Crippen LogP contribution in [0.1, 0.15) is 57.7 Å². The zero-order valence-electron chi connectivity index (χ0n) is 15.6. The van der Waals surface area contributed by atoms with Crippen LogP contribution in [-0.4, -0.2) is 27.0 Å². The summed E-state index contributed by atoms with van der Waals surface area (Å²) in [5, 5.41) is 14.0. The number of hydrogen-bond donors (Lipinski definition) is 1. The molecule has 7 nitrogen and oxygen atoms in total. The second-order valence-electron chi connectivity index (χ2n) is 6.30. The van der Waals surface area contributed by atoms with Crippen LogP contribution in [0.15, 0.2) is 34.1 Å². The average Bonchev–Trinajstić information content (AvgIpc) is 2.95. The van der Waals surface area contributed by atoms with Gasteiger partial charge in [-0.2, -0.15) is 0 Å². The minimum Gasteiger partial charge on any atom is -0.294 e. The van der Waals surface area contributed by atoms with Crippen molar-refractivity contribution in [2.45, 2.75) is 52.9 Å². The number of unbranched alkanes of at least 4 members (excludes halogenated alkanes) is 2. The van der Waals surface area contributed by atoms with E-state index in [9.17, 15) is 14.9 Å². The highest BCUT2D eigenvalue weighted by Gasteiger charge is 2.17. The Morgan fingerprint density at radius 1 is 1.19 bits per heavy atom. The highest BCUT2D eigenvalue weighted by atomic mass is 16.6. The van der Waals surface area contributed by atoms with Crippen LogP contribution < -0.4 is 5.56 Å². The Kier molecular flexibility index (Phi) is 6.89. The number of aliphatic imine (C=N–C) groups is 1. The van der Waals surface area contributed by atoms with Crippen LogP contribution in [0, 0.1) is 10.1 Å². The van der Waals surface area contributed by atoms with Gasteiger partial charge in [-0.25, -0.2) is 4.68 Å². The number of rotatable bonds is 9. The van der Waals surface area contributed by atoms with Gasteiger partial charge in [-0.15, -0.1) is 0 Å².